The first-order chi connectivity index (χ1) is 21.0. The van der Waals surface area contributed by atoms with E-state index in [1.165, 1.54) is 24.1 Å². The number of alkyl halides is 2. The smallest absolute Gasteiger partial charge is 0.253 e. The molecule has 3 aromatic carbocycles. The molecule has 0 unspecified atom stereocenters. The largest absolute Gasteiger partial charge is 0.508 e. The number of fused-ring (bicyclic) bond motifs is 4. The van der Waals surface area contributed by atoms with Gasteiger partial charge in [0.05, 0.1) is 17.5 Å². The monoisotopic (exact) mass is 649 g/mol. The summed E-state index contributed by atoms with van der Waals surface area (Å²) >= 11 is 21.0. The Morgan fingerprint density at radius 3 is 2.23 bits per heavy atom. The highest BCUT2D eigenvalue weighted by molar-refractivity contribution is 6.53. The summed E-state index contributed by atoms with van der Waals surface area (Å²) in [4.78, 5) is 53.5. The molecule has 4 aliphatic rings. The SMILES string of the molecule is CN1C(=O)[C@]2(Cl)C[C@@H]3C(=CC[C@@H]4C(=O)N(c5ccc(Nc6ccccc6)cc5)C(=O)[C@@H]43)[C@H](c3ccc(O)cc3Cl)[C@]2(Cl)C1=O. The number of carbonyl (C=O) groups excluding carboxylic acids is 4. The number of hydrogen-bond acceptors (Lipinski definition) is 6. The average molecular weight is 651 g/mol. The van der Waals surface area contributed by atoms with Gasteiger partial charge in [0.1, 0.15) is 5.75 Å². The van der Waals surface area contributed by atoms with E-state index in [1.807, 2.05) is 36.4 Å². The number of benzene rings is 3. The number of para-hydroxylation sites is 1. The fraction of sp³-hybridized carbons (Fsp3) is 0.273. The second-order valence-electron chi connectivity index (χ2n) is 11.8. The van der Waals surface area contributed by atoms with Crippen molar-refractivity contribution in [2.24, 2.45) is 17.8 Å². The number of aromatic hydroxyl groups is 1. The zero-order valence-corrected chi connectivity index (χ0v) is 25.6. The fourth-order valence-corrected chi connectivity index (χ4v) is 8.77. The van der Waals surface area contributed by atoms with E-state index < -0.39 is 51.1 Å². The lowest BCUT2D eigenvalue weighted by Gasteiger charge is -2.51. The van der Waals surface area contributed by atoms with Crippen LogP contribution in [0.1, 0.15) is 24.3 Å². The third-order valence-corrected chi connectivity index (χ3v) is 11.2. The minimum atomic E-state index is -1.94. The minimum Gasteiger partial charge on any atom is -0.508 e. The first-order valence-electron chi connectivity index (χ1n) is 14.2. The summed E-state index contributed by atoms with van der Waals surface area (Å²) in [6.07, 6.45) is 1.97. The zero-order chi connectivity index (χ0) is 31.1. The number of amides is 4. The highest BCUT2D eigenvalue weighted by Gasteiger charge is 2.76. The van der Waals surface area contributed by atoms with Gasteiger partial charge in [-0.05, 0) is 72.9 Å². The number of likely N-dealkylation sites (tertiary alicyclic amines) is 1. The molecule has 2 aliphatic carbocycles. The summed E-state index contributed by atoms with van der Waals surface area (Å²) in [5, 5.41) is 13.5. The van der Waals surface area contributed by atoms with Crippen LogP contribution in [0.4, 0.5) is 17.1 Å². The van der Waals surface area contributed by atoms with Crippen molar-refractivity contribution in [3.05, 3.63) is 95.0 Å². The van der Waals surface area contributed by atoms with E-state index in [1.54, 1.807) is 30.3 Å². The fourth-order valence-electron chi connectivity index (χ4n) is 7.48. The van der Waals surface area contributed by atoms with Gasteiger partial charge in [-0.15, -0.1) is 23.2 Å². The second kappa shape index (κ2) is 10.1. The van der Waals surface area contributed by atoms with Crippen LogP contribution in [0.5, 0.6) is 5.75 Å². The van der Waals surface area contributed by atoms with Gasteiger partial charge in [0.2, 0.25) is 11.8 Å². The zero-order valence-electron chi connectivity index (χ0n) is 23.3. The van der Waals surface area contributed by atoms with Crippen molar-refractivity contribution >= 4 is 75.5 Å². The molecular weight excluding hydrogens is 625 g/mol. The molecule has 2 saturated heterocycles. The van der Waals surface area contributed by atoms with Gasteiger partial charge in [-0.25, -0.2) is 0 Å². The molecule has 0 radical (unpaired) electrons. The number of phenolic OH excluding ortho intramolecular Hbond substituents is 1. The number of nitrogens with zero attached hydrogens (tertiary/aromatic N) is 2. The summed E-state index contributed by atoms with van der Waals surface area (Å²) in [6, 6.07) is 20.9. The Bertz CT molecular complexity index is 1780. The minimum absolute atomic E-state index is 0.0901. The summed E-state index contributed by atoms with van der Waals surface area (Å²) in [5.74, 6) is -5.33. The van der Waals surface area contributed by atoms with Crippen LogP contribution >= 0.6 is 34.8 Å². The predicted octanol–water partition coefficient (Wildman–Crippen LogP) is 5.98. The van der Waals surface area contributed by atoms with Crippen molar-refractivity contribution in [1.29, 1.82) is 0 Å². The summed E-state index contributed by atoms with van der Waals surface area (Å²) in [6.45, 7) is 0. The van der Waals surface area contributed by atoms with E-state index >= 15 is 0 Å². The van der Waals surface area contributed by atoms with Crippen LogP contribution in [-0.2, 0) is 19.2 Å². The molecule has 7 rings (SSSR count). The van der Waals surface area contributed by atoms with Gasteiger partial charge in [-0.2, -0.15) is 0 Å². The van der Waals surface area contributed by atoms with Crippen molar-refractivity contribution in [3.63, 3.8) is 0 Å². The molecule has 11 heteroatoms. The summed E-state index contributed by atoms with van der Waals surface area (Å²) in [7, 11) is 1.33. The molecule has 0 bridgehead atoms. The summed E-state index contributed by atoms with van der Waals surface area (Å²) in [5.41, 5.74) is 3.15. The van der Waals surface area contributed by atoms with Crippen LogP contribution in [0.25, 0.3) is 0 Å². The normalized spacial score (nSPS) is 31.0. The lowest BCUT2D eigenvalue weighted by molar-refractivity contribution is -0.138. The molecule has 224 valence electrons. The van der Waals surface area contributed by atoms with Crippen molar-refractivity contribution in [3.8, 4) is 5.75 Å². The van der Waals surface area contributed by atoms with Gasteiger partial charge in [-0.1, -0.05) is 47.5 Å². The first kappa shape index (κ1) is 28.9. The Hall–Kier alpha value is -3.85. The van der Waals surface area contributed by atoms with Gasteiger partial charge in [0.15, 0.2) is 9.75 Å². The van der Waals surface area contributed by atoms with E-state index in [4.69, 9.17) is 34.8 Å². The van der Waals surface area contributed by atoms with E-state index in [2.05, 4.69) is 5.32 Å². The van der Waals surface area contributed by atoms with E-state index in [9.17, 15) is 24.3 Å². The highest BCUT2D eigenvalue weighted by Crippen LogP contribution is 2.66. The molecule has 2 N–H and O–H groups in total. The molecule has 3 aromatic rings. The van der Waals surface area contributed by atoms with Crippen LogP contribution in [0.2, 0.25) is 5.02 Å². The number of imide groups is 2. The van der Waals surface area contributed by atoms with Gasteiger partial charge in [0.25, 0.3) is 11.8 Å². The van der Waals surface area contributed by atoms with E-state index in [0.717, 1.165) is 16.3 Å². The molecule has 2 aliphatic heterocycles. The molecule has 6 atom stereocenters. The van der Waals surface area contributed by atoms with Gasteiger partial charge >= 0.3 is 0 Å². The van der Waals surface area contributed by atoms with Crippen LogP contribution in [-0.4, -0.2) is 50.4 Å². The Morgan fingerprint density at radius 2 is 1.55 bits per heavy atom. The molecule has 0 aromatic heterocycles. The summed E-state index contributed by atoms with van der Waals surface area (Å²) < 4.78 is 0. The molecule has 0 spiro atoms. The Kier molecular flexibility index (Phi) is 6.63. The van der Waals surface area contributed by atoms with E-state index in [0.29, 0.717) is 16.8 Å². The van der Waals surface area contributed by atoms with Gasteiger partial charge in [0, 0.05) is 29.4 Å². The van der Waals surface area contributed by atoms with Crippen molar-refractivity contribution in [2.75, 3.05) is 17.3 Å². The highest BCUT2D eigenvalue weighted by atomic mass is 35.5. The number of anilines is 3. The van der Waals surface area contributed by atoms with Crippen molar-refractivity contribution < 1.29 is 24.3 Å². The average Bonchev–Trinajstić information content (AvgIpc) is 3.33. The Balaban J connectivity index is 1.28. The number of rotatable bonds is 4. The number of allylic oxidation sites excluding steroid dienone is 2. The third-order valence-electron chi connectivity index (χ3n) is 9.50. The molecular formula is C33H26Cl3N3O5. The lowest BCUT2D eigenvalue weighted by atomic mass is 9.56. The van der Waals surface area contributed by atoms with E-state index in [-0.39, 0.29) is 29.5 Å². The van der Waals surface area contributed by atoms with Gasteiger partial charge < -0.3 is 10.4 Å². The number of nitrogens with one attached hydrogen (secondary N) is 1. The maximum absolute atomic E-state index is 14.2. The topological polar surface area (TPSA) is 107 Å². The van der Waals surface area contributed by atoms with Crippen molar-refractivity contribution in [1.82, 2.24) is 4.90 Å². The molecule has 2 heterocycles. The van der Waals surface area contributed by atoms with Crippen LogP contribution < -0.4 is 10.2 Å². The molecule has 8 nitrogen and oxygen atoms in total. The Morgan fingerprint density at radius 1 is 0.864 bits per heavy atom. The molecule has 44 heavy (non-hydrogen) atoms. The van der Waals surface area contributed by atoms with Crippen LogP contribution in [0.3, 0.4) is 0 Å². The maximum Gasteiger partial charge on any atom is 0.253 e. The predicted molar refractivity (Wildman–Crippen MR) is 167 cm³/mol. The third kappa shape index (κ3) is 3.90. The molecule has 3 fully saturated rings. The van der Waals surface area contributed by atoms with Crippen LogP contribution in [0.15, 0.2) is 84.4 Å². The number of halogens is 3. The lowest BCUT2D eigenvalue weighted by Crippen LogP contribution is -2.60. The second-order valence-corrected chi connectivity index (χ2v) is 13.4. The van der Waals surface area contributed by atoms with Crippen LogP contribution in [0, 0.1) is 17.8 Å². The standard InChI is InChI=1S/C33H26Cl3N3O5/c1-38-30(43)32(35)16-24-21(27(33(32,36)31(38)44)22-12-11-20(40)15-25(22)34)13-14-23-26(24)29(42)39(28(23)41)19-9-7-18(8-10-19)37-17-5-3-2-4-6-17/h2-13,15,23-24,26-27,37,40H,14,16H2,1H3/t23-,24+,26-,27+,32+,33-/m0/s1. The number of carbonyl (C=O) groups is 4. The number of phenols is 1. The quantitative estimate of drug-likeness (QED) is 0.204. The Labute approximate surface area is 268 Å². The van der Waals surface area contributed by atoms with Crippen molar-refractivity contribution in [2.45, 2.75) is 28.5 Å². The first-order valence-corrected chi connectivity index (χ1v) is 15.3. The molecule has 4 amide bonds. The van der Waals surface area contributed by atoms with Gasteiger partial charge in [-0.3, -0.25) is 29.0 Å². The maximum atomic E-state index is 14.2. The molecule has 1 saturated carbocycles. The number of hydrogen-bond donors (Lipinski definition) is 2.